The van der Waals surface area contributed by atoms with Crippen LogP contribution >= 0.6 is 27.3 Å². The van der Waals surface area contributed by atoms with E-state index >= 15 is 0 Å². The van der Waals surface area contributed by atoms with Gasteiger partial charge in [-0.2, -0.15) is 0 Å². The van der Waals surface area contributed by atoms with E-state index in [0.29, 0.717) is 0 Å². The number of aliphatic hydroxyl groups is 1. The van der Waals surface area contributed by atoms with E-state index in [-0.39, 0.29) is 0 Å². The predicted molar refractivity (Wildman–Crippen MR) is 83.0 cm³/mol. The summed E-state index contributed by atoms with van der Waals surface area (Å²) in [5.74, 6) is 0.848. The Morgan fingerprint density at radius 2 is 2.00 bits per heavy atom. The molecule has 0 radical (unpaired) electrons. The molecule has 2 nitrogen and oxygen atoms in total. The van der Waals surface area contributed by atoms with Gasteiger partial charge in [0.1, 0.15) is 11.9 Å². The van der Waals surface area contributed by atoms with Crippen LogP contribution < -0.4 is 4.74 Å². The fraction of sp³-hybridized carbons (Fsp3) is 0.333. The average molecular weight is 341 g/mol. The second kappa shape index (κ2) is 6.55. The molecule has 1 unspecified atom stereocenters. The van der Waals surface area contributed by atoms with Crippen molar-refractivity contribution in [1.82, 2.24) is 0 Å². The zero-order valence-corrected chi connectivity index (χ0v) is 13.4. The molecule has 0 saturated carbocycles. The number of halogens is 1. The van der Waals surface area contributed by atoms with Crippen LogP contribution in [0.2, 0.25) is 0 Å². The van der Waals surface area contributed by atoms with Gasteiger partial charge in [-0.3, -0.25) is 0 Å². The molecule has 4 heteroatoms. The van der Waals surface area contributed by atoms with E-state index in [0.717, 1.165) is 33.7 Å². The van der Waals surface area contributed by atoms with Gasteiger partial charge in [0.15, 0.2) is 0 Å². The highest BCUT2D eigenvalue weighted by Crippen LogP contribution is 2.34. The number of thiophene rings is 1. The highest BCUT2D eigenvalue weighted by atomic mass is 79.9. The first kappa shape index (κ1) is 14.6. The minimum Gasteiger partial charge on any atom is -0.494 e. The van der Waals surface area contributed by atoms with Crippen molar-refractivity contribution in [1.29, 1.82) is 0 Å². The molecule has 1 aromatic heterocycles. The molecule has 2 aromatic rings. The summed E-state index contributed by atoms with van der Waals surface area (Å²) in [5.41, 5.74) is 0.887. The number of aliphatic hydroxyl groups excluding tert-OH is 1. The normalized spacial score (nSPS) is 12.4. The molecular formula is C15H17BrO2S. The lowest BCUT2D eigenvalue weighted by molar-refractivity contribution is 0.224. The summed E-state index contributed by atoms with van der Waals surface area (Å²) in [6, 6.07) is 9.62. The molecule has 1 heterocycles. The predicted octanol–water partition coefficient (Wildman–Crippen LogP) is 4.69. The Morgan fingerprint density at radius 1 is 1.32 bits per heavy atom. The first-order valence-electron chi connectivity index (χ1n) is 6.28. The molecule has 0 saturated heterocycles. The Hall–Kier alpha value is -0.840. The van der Waals surface area contributed by atoms with Gasteiger partial charge in [0.2, 0.25) is 0 Å². The van der Waals surface area contributed by atoms with Crippen molar-refractivity contribution >= 4 is 27.3 Å². The standard InChI is InChI=1S/C15H17BrO2S/c1-3-8-18-12-6-4-11(5-7-12)15(17)14-9-13(16)10(2)19-14/h4-7,9,15,17H,3,8H2,1-2H3. The topological polar surface area (TPSA) is 29.5 Å². The maximum absolute atomic E-state index is 10.3. The molecule has 0 aliphatic heterocycles. The SMILES string of the molecule is CCCOc1ccc(C(O)c2cc(Br)c(C)s2)cc1. The Bertz CT molecular complexity index is 514. The largest absolute Gasteiger partial charge is 0.494 e. The summed E-state index contributed by atoms with van der Waals surface area (Å²) in [5, 5.41) is 10.3. The molecule has 1 N–H and O–H groups in total. The van der Waals surface area contributed by atoms with Gasteiger partial charge < -0.3 is 9.84 Å². The van der Waals surface area contributed by atoms with Crippen LogP contribution in [-0.2, 0) is 0 Å². The lowest BCUT2D eigenvalue weighted by Crippen LogP contribution is -1.98. The summed E-state index contributed by atoms with van der Waals surface area (Å²) < 4.78 is 6.58. The molecule has 0 spiro atoms. The number of hydrogen-bond acceptors (Lipinski definition) is 3. The molecule has 102 valence electrons. The third-order valence-electron chi connectivity index (χ3n) is 2.81. The maximum atomic E-state index is 10.3. The zero-order valence-electron chi connectivity index (χ0n) is 11.0. The average Bonchev–Trinajstić information content (AvgIpc) is 2.76. The van der Waals surface area contributed by atoms with Crippen LogP contribution in [-0.4, -0.2) is 11.7 Å². The van der Waals surface area contributed by atoms with E-state index in [1.165, 1.54) is 4.88 Å². The molecular weight excluding hydrogens is 324 g/mol. The second-order valence-corrected chi connectivity index (χ2v) is 6.52. The summed E-state index contributed by atoms with van der Waals surface area (Å²) in [6.45, 7) is 4.83. The molecule has 19 heavy (non-hydrogen) atoms. The number of rotatable bonds is 5. The Balaban J connectivity index is 2.13. The van der Waals surface area contributed by atoms with E-state index < -0.39 is 6.10 Å². The number of benzene rings is 1. The summed E-state index contributed by atoms with van der Waals surface area (Å²) in [7, 11) is 0. The number of hydrogen-bond donors (Lipinski definition) is 1. The van der Waals surface area contributed by atoms with E-state index in [4.69, 9.17) is 4.74 Å². The Labute approximate surface area is 126 Å². The van der Waals surface area contributed by atoms with Crippen molar-refractivity contribution in [2.75, 3.05) is 6.61 Å². The first-order valence-corrected chi connectivity index (χ1v) is 7.89. The summed E-state index contributed by atoms with van der Waals surface area (Å²) in [4.78, 5) is 2.13. The maximum Gasteiger partial charge on any atom is 0.119 e. The molecule has 0 aliphatic rings. The lowest BCUT2D eigenvalue weighted by Gasteiger charge is -2.10. The third-order valence-corrected chi connectivity index (χ3v) is 5.00. The molecule has 2 rings (SSSR count). The van der Waals surface area contributed by atoms with Crippen LogP contribution in [0.3, 0.4) is 0 Å². The van der Waals surface area contributed by atoms with Crippen molar-refractivity contribution in [2.45, 2.75) is 26.4 Å². The van der Waals surface area contributed by atoms with Crippen LogP contribution in [0.5, 0.6) is 5.75 Å². The summed E-state index contributed by atoms with van der Waals surface area (Å²) in [6.07, 6.45) is 0.419. The Morgan fingerprint density at radius 3 is 2.53 bits per heavy atom. The van der Waals surface area contributed by atoms with Gasteiger partial charge in [-0.25, -0.2) is 0 Å². The van der Waals surface area contributed by atoms with Crippen molar-refractivity contribution in [3.8, 4) is 5.75 Å². The fourth-order valence-electron chi connectivity index (χ4n) is 1.75. The van der Waals surface area contributed by atoms with Gasteiger partial charge in [-0.05, 0) is 53.0 Å². The van der Waals surface area contributed by atoms with Gasteiger partial charge in [-0.1, -0.05) is 19.1 Å². The molecule has 0 fully saturated rings. The van der Waals surface area contributed by atoms with E-state index in [1.807, 2.05) is 37.3 Å². The van der Waals surface area contributed by atoms with Crippen LogP contribution in [0.15, 0.2) is 34.8 Å². The van der Waals surface area contributed by atoms with Crippen LogP contribution in [0.25, 0.3) is 0 Å². The van der Waals surface area contributed by atoms with E-state index in [2.05, 4.69) is 22.9 Å². The van der Waals surface area contributed by atoms with Gasteiger partial charge in [0, 0.05) is 14.2 Å². The third kappa shape index (κ3) is 3.59. The van der Waals surface area contributed by atoms with Gasteiger partial charge >= 0.3 is 0 Å². The van der Waals surface area contributed by atoms with E-state index in [9.17, 15) is 5.11 Å². The lowest BCUT2D eigenvalue weighted by atomic mass is 10.1. The fourth-order valence-corrected chi connectivity index (χ4v) is 3.32. The molecule has 1 atom stereocenters. The minimum atomic E-state index is -0.574. The Kier molecular flexibility index (Phi) is 5.02. The van der Waals surface area contributed by atoms with Crippen molar-refractivity contribution in [2.24, 2.45) is 0 Å². The van der Waals surface area contributed by atoms with Crippen molar-refractivity contribution in [3.05, 3.63) is 50.1 Å². The monoisotopic (exact) mass is 340 g/mol. The second-order valence-electron chi connectivity index (χ2n) is 4.37. The van der Waals surface area contributed by atoms with E-state index in [1.54, 1.807) is 11.3 Å². The quantitative estimate of drug-likeness (QED) is 0.855. The zero-order chi connectivity index (χ0) is 13.8. The van der Waals surface area contributed by atoms with Crippen LogP contribution in [0, 0.1) is 6.92 Å². The number of aryl methyl sites for hydroxylation is 1. The van der Waals surface area contributed by atoms with Crippen molar-refractivity contribution in [3.63, 3.8) is 0 Å². The van der Waals surface area contributed by atoms with Gasteiger partial charge in [-0.15, -0.1) is 11.3 Å². The van der Waals surface area contributed by atoms with Gasteiger partial charge in [0.25, 0.3) is 0 Å². The smallest absolute Gasteiger partial charge is 0.119 e. The molecule has 0 bridgehead atoms. The summed E-state index contributed by atoms with van der Waals surface area (Å²) >= 11 is 5.08. The van der Waals surface area contributed by atoms with Crippen molar-refractivity contribution < 1.29 is 9.84 Å². The van der Waals surface area contributed by atoms with Crippen LogP contribution in [0.1, 0.15) is 34.8 Å². The van der Waals surface area contributed by atoms with Gasteiger partial charge in [0.05, 0.1) is 6.61 Å². The molecule has 1 aromatic carbocycles. The highest BCUT2D eigenvalue weighted by molar-refractivity contribution is 9.10. The first-order chi connectivity index (χ1) is 9.11. The highest BCUT2D eigenvalue weighted by Gasteiger charge is 2.14. The molecule has 0 aliphatic carbocycles. The molecule has 0 amide bonds. The number of ether oxygens (including phenoxy) is 1. The minimum absolute atomic E-state index is 0.574. The van der Waals surface area contributed by atoms with Crippen LogP contribution in [0.4, 0.5) is 0 Å².